The molecule has 4 heterocycles. The molecule has 8 heteroatoms. The van der Waals surface area contributed by atoms with Gasteiger partial charge in [0.2, 0.25) is 0 Å². The molecule has 8 nitrogen and oxygen atoms in total. The number of anilines is 2. The summed E-state index contributed by atoms with van der Waals surface area (Å²) in [5, 5.41) is 8.49. The topological polar surface area (TPSA) is 91.9 Å². The van der Waals surface area contributed by atoms with Gasteiger partial charge < -0.3 is 24.5 Å². The number of Topliss-reactive ketones (excluding diaryl/α,β-unsaturated/α-hetero) is 1. The second kappa shape index (κ2) is 11.7. The number of carbonyl (C=O) groups excluding carboxylic acids is 1. The summed E-state index contributed by atoms with van der Waals surface area (Å²) in [6, 6.07) is 18.0. The van der Waals surface area contributed by atoms with Crippen LogP contribution in [0.2, 0.25) is 0 Å². The third kappa shape index (κ3) is 5.55. The third-order valence-corrected chi connectivity index (χ3v) is 8.82. The monoisotopic (exact) mass is 575 g/mol. The van der Waals surface area contributed by atoms with E-state index in [1.807, 2.05) is 36.4 Å². The van der Waals surface area contributed by atoms with Crippen molar-refractivity contribution in [3.05, 3.63) is 93.1 Å². The Morgan fingerprint density at radius 3 is 2.47 bits per heavy atom. The van der Waals surface area contributed by atoms with Crippen molar-refractivity contribution in [1.29, 1.82) is 0 Å². The summed E-state index contributed by atoms with van der Waals surface area (Å²) in [4.78, 5) is 32.6. The number of carbonyl (C=O) groups is 1. The Bertz CT molecular complexity index is 1890. The van der Waals surface area contributed by atoms with Gasteiger partial charge in [0.05, 0.1) is 11.1 Å². The van der Waals surface area contributed by atoms with Crippen LogP contribution in [-0.4, -0.2) is 36.5 Å². The van der Waals surface area contributed by atoms with Gasteiger partial charge in [-0.05, 0) is 73.2 Å². The van der Waals surface area contributed by atoms with Crippen molar-refractivity contribution >= 4 is 34.4 Å². The zero-order chi connectivity index (χ0) is 29.3. The van der Waals surface area contributed by atoms with Crippen LogP contribution in [-0.2, 0) is 0 Å². The van der Waals surface area contributed by atoms with E-state index in [2.05, 4.69) is 44.4 Å². The van der Waals surface area contributed by atoms with Crippen LogP contribution < -0.4 is 31.7 Å². The normalized spacial score (nSPS) is 19.0. The van der Waals surface area contributed by atoms with Gasteiger partial charge in [0.25, 0.3) is 0 Å². The molecule has 7 rings (SSSR count). The minimum absolute atomic E-state index is 0.0210. The molecule has 2 aliphatic heterocycles. The first-order valence-corrected chi connectivity index (χ1v) is 15.5. The van der Waals surface area contributed by atoms with Gasteiger partial charge in [0.1, 0.15) is 16.9 Å². The van der Waals surface area contributed by atoms with E-state index in [1.54, 1.807) is 13.0 Å². The van der Waals surface area contributed by atoms with Gasteiger partial charge >= 0.3 is 0 Å². The number of hydrogen-bond donors (Lipinski definition) is 2. The SMILES string of the molecule is CC(=O)c1cc2/c(n1C1CCCC1)=N\C(Nc1ccc(-c3ccc4c(=O)cc(N5CCNCC5)oc4c3)cc1)=CCC\C=2. The van der Waals surface area contributed by atoms with Crippen LogP contribution in [0.5, 0.6) is 0 Å². The van der Waals surface area contributed by atoms with Gasteiger partial charge in [0, 0.05) is 56.1 Å². The zero-order valence-electron chi connectivity index (χ0n) is 24.6. The summed E-state index contributed by atoms with van der Waals surface area (Å²) in [6.45, 7) is 5.03. The molecule has 1 saturated heterocycles. The van der Waals surface area contributed by atoms with Crippen LogP contribution in [0.3, 0.4) is 0 Å². The van der Waals surface area contributed by atoms with Crippen molar-refractivity contribution in [3.63, 3.8) is 0 Å². The number of allylic oxidation sites excluding steroid dienone is 1. The average molecular weight is 576 g/mol. The van der Waals surface area contributed by atoms with E-state index in [0.29, 0.717) is 22.9 Å². The number of hydrogen-bond acceptors (Lipinski definition) is 7. The molecule has 3 aliphatic rings. The first kappa shape index (κ1) is 27.4. The van der Waals surface area contributed by atoms with Gasteiger partial charge in [-0.25, -0.2) is 4.99 Å². The summed E-state index contributed by atoms with van der Waals surface area (Å²) >= 11 is 0. The Balaban J connectivity index is 1.17. The number of rotatable bonds is 6. The first-order chi connectivity index (χ1) is 21.0. The summed E-state index contributed by atoms with van der Waals surface area (Å²) < 4.78 is 8.41. The van der Waals surface area contributed by atoms with Crippen molar-refractivity contribution < 1.29 is 9.21 Å². The summed E-state index contributed by atoms with van der Waals surface area (Å²) in [7, 11) is 0. The van der Waals surface area contributed by atoms with Crippen molar-refractivity contribution in [2.24, 2.45) is 4.99 Å². The Kier molecular flexibility index (Phi) is 7.45. The molecule has 4 aromatic rings. The highest BCUT2D eigenvalue weighted by Crippen LogP contribution is 2.30. The van der Waals surface area contributed by atoms with E-state index in [-0.39, 0.29) is 11.2 Å². The molecular weight excluding hydrogens is 538 g/mol. The number of nitrogens with zero attached hydrogens (tertiary/aromatic N) is 3. The van der Waals surface area contributed by atoms with Crippen molar-refractivity contribution in [2.45, 2.75) is 51.5 Å². The maximum Gasteiger partial charge on any atom is 0.200 e. The van der Waals surface area contributed by atoms with E-state index in [4.69, 9.17) is 9.41 Å². The summed E-state index contributed by atoms with van der Waals surface area (Å²) in [5.41, 5.74) is 5.17. The quantitative estimate of drug-likeness (QED) is 0.310. The molecule has 1 aliphatic carbocycles. The van der Waals surface area contributed by atoms with Crippen LogP contribution in [0.1, 0.15) is 62.0 Å². The lowest BCUT2D eigenvalue weighted by atomic mass is 10.0. The molecule has 0 amide bonds. The largest absolute Gasteiger partial charge is 0.440 e. The van der Waals surface area contributed by atoms with Crippen molar-refractivity contribution in [3.8, 4) is 11.1 Å². The predicted octanol–water partition coefficient (Wildman–Crippen LogP) is 5.14. The van der Waals surface area contributed by atoms with Gasteiger partial charge in [-0.3, -0.25) is 9.59 Å². The highest BCUT2D eigenvalue weighted by molar-refractivity contribution is 5.92. The lowest BCUT2D eigenvalue weighted by Gasteiger charge is -2.27. The zero-order valence-corrected chi connectivity index (χ0v) is 24.6. The fraction of sp³-hybridized carbons (Fsp3) is 0.343. The number of aromatic nitrogens is 1. The number of benzene rings is 2. The fourth-order valence-corrected chi connectivity index (χ4v) is 6.56. The predicted molar refractivity (Wildman–Crippen MR) is 171 cm³/mol. The van der Waals surface area contributed by atoms with Crippen LogP contribution in [0.15, 0.2) is 80.7 Å². The molecule has 220 valence electrons. The standard InChI is InChI=1S/C35H37N5O3/c1-23(41)30-20-26-6-2-5-9-33(38-35(26)40(30)28-7-3-4-8-28)37-27-13-10-24(11-14-27)25-12-15-29-31(42)22-34(43-32(29)21-25)39-18-16-36-17-19-39/h6,9-15,20-22,28,36-37H,2-5,7-8,16-19H2,1H3/b26-6-,33-9?,38-35+. The molecule has 0 spiro atoms. The molecule has 0 atom stereocenters. The summed E-state index contributed by atoms with van der Waals surface area (Å²) in [6.07, 6.45) is 10.6. The Hall–Kier alpha value is -4.43. The average Bonchev–Trinajstić information content (AvgIpc) is 3.67. The number of piperazine rings is 1. The molecule has 1 saturated carbocycles. The molecule has 43 heavy (non-hydrogen) atoms. The molecular formula is C35H37N5O3. The van der Waals surface area contributed by atoms with Crippen molar-refractivity contribution in [2.75, 3.05) is 36.4 Å². The van der Waals surface area contributed by atoms with Crippen LogP contribution in [0.4, 0.5) is 11.6 Å². The molecule has 2 aromatic heterocycles. The number of ketones is 1. The maximum absolute atomic E-state index is 12.8. The van der Waals surface area contributed by atoms with Crippen LogP contribution >= 0.6 is 0 Å². The minimum Gasteiger partial charge on any atom is -0.440 e. The molecule has 2 N–H and O–H groups in total. The summed E-state index contributed by atoms with van der Waals surface area (Å²) in [5.74, 6) is 1.51. The van der Waals surface area contributed by atoms with Crippen molar-refractivity contribution in [1.82, 2.24) is 9.88 Å². The van der Waals surface area contributed by atoms with E-state index in [0.717, 1.165) is 90.9 Å². The second-order valence-corrected chi connectivity index (χ2v) is 11.8. The highest BCUT2D eigenvalue weighted by Gasteiger charge is 2.23. The lowest BCUT2D eigenvalue weighted by Crippen LogP contribution is -2.43. The fourth-order valence-electron chi connectivity index (χ4n) is 6.56. The molecule has 0 unspecified atom stereocenters. The Labute approximate surface area is 250 Å². The van der Waals surface area contributed by atoms with Gasteiger partial charge in [-0.15, -0.1) is 0 Å². The molecule has 2 aromatic carbocycles. The van der Waals surface area contributed by atoms with E-state index in [1.165, 1.54) is 12.8 Å². The maximum atomic E-state index is 12.8. The second-order valence-electron chi connectivity index (χ2n) is 11.8. The van der Waals surface area contributed by atoms with Crippen LogP contribution in [0.25, 0.3) is 28.2 Å². The molecule has 2 fully saturated rings. The Morgan fingerprint density at radius 2 is 1.70 bits per heavy atom. The van der Waals surface area contributed by atoms with Gasteiger partial charge in [-0.2, -0.15) is 0 Å². The van der Waals surface area contributed by atoms with E-state index in [9.17, 15) is 9.59 Å². The third-order valence-electron chi connectivity index (χ3n) is 8.82. The van der Waals surface area contributed by atoms with Gasteiger partial charge in [0.15, 0.2) is 17.1 Å². The smallest absolute Gasteiger partial charge is 0.200 e. The lowest BCUT2D eigenvalue weighted by molar-refractivity contribution is 0.100. The number of fused-ring (bicyclic) bond motifs is 2. The first-order valence-electron chi connectivity index (χ1n) is 15.5. The Morgan fingerprint density at radius 1 is 0.953 bits per heavy atom. The number of nitrogens with one attached hydrogen (secondary N) is 2. The minimum atomic E-state index is -0.0210. The highest BCUT2D eigenvalue weighted by atomic mass is 16.4. The van der Waals surface area contributed by atoms with E-state index >= 15 is 0 Å². The van der Waals surface area contributed by atoms with Gasteiger partial charge in [-0.1, -0.05) is 37.1 Å². The van der Waals surface area contributed by atoms with E-state index < -0.39 is 0 Å². The van der Waals surface area contributed by atoms with Crippen LogP contribution in [0, 0.1) is 0 Å². The molecule has 0 radical (unpaired) electrons. The molecule has 0 bridgehead atoms.